The molecular weight excluding hydrogens is 376 g/mol. The van der Waals surface area contributed by atoms with Gasteiger partial charge >= 0.3 is 0 Å². The Balaban J connectivity index is 1.69. The lowest BCUT2D eigenvalue weighted by Gasteiger charge is -2.25. The number of carbonyl (C=O) groups excluding carboxylic acids is 2. The number of nitrogens with zero attached hydrogens (tertiary/aromatic N) is 4. The Morgan fingerprint density at radius 1 is 1.32 bits per heavy atom. The summed E-state index contributed by atoms with van der Waals surface area (Å²) in [6.07, 6.45) is 2.52. The minimum atomic E-state index is -0.395. The third kappa shape index (κ3) is 4.94. The maximum atomic E-state index is 13.1. The second-order valence-electron chi connectivity index (χ2n) is 6.96. The van der Waals surface area contributed by atoms with E-state index in [1.807, 2.05) is 30.3 Å². The van der Waals surface area contributed by atoms with Crippen LogP contribution < -0.4 is 4.90 Å². The third-order valence-corrected chi connectivity index (χ3v) is 5.75. The van der Waals surface area contributed by atoms with Crippen molar-refractivity contribution in [1.29, 1.82) is 0 Å². The summed E-state index contributed by atoms with van der Waals surface area (Å²) in [5.41, 5.74) is 1.03. The molecule has 0 spiro atoms. The van der Waals surface area contributed by atoms with E-state index in [0.717, 1.165) is 23.4 Å². The lowest BCUT2D eigenvalue weighted by Crippen LogP contribution is -2.38. The van der Waals surface area contributed by atoms with Crippen molar-refractivity contribution in [2.24, 2.45) is 5.92 Å². The number of hydrogen-bond acceptors (Lipinski definition) is 6. The number of benzene rings is 1. The standard InChI is InChI=1S/C20H26N4O3S/c1-2-7-17-21-22-20(28-17)24-14-16(12-18(24)26)19(27)23(10-6-11-25)13-15-8-4-3-5-9-15/h3-5,8-9,16,25H,2,6-7,10-14H2,1H3. The van der Waals surface area contributed by atoms with Crippen molar-refractivity contribution in [3.05, 3.63) is 40.9 Å². The van der Waals surface area contributed by atoms with Crippen LogP contribution in [0.1, 0.15) is 36.8 Å². The topological polar surface area (TPSA) is 86.6 Å². The molecule has 0 bridgehead atoms. The molecule has 2 amide bonds. The molecular formula is C20H26N4O3S. The number of aromatic nitrogens is 2. The highest BCUT2D eigenvalue weighted by atomic mass is 32.1. The average molecular weight is 403 g/mol. The third-order valence-electron chi connectivity index (χ3n) is 4.74. The molecule has 8 heteroatoms. The van der Waals surface area contributed by atoms with E-state index in [1.54, 1.807) is 9.80 Å². The summed E-state index contributed by atoms with van der Waals surface area (Å²) in [5, 5.41) is 19.0. The van der Waals surface area contributed by atoms with Crippen molar-refractivity contribution in [3.8, 4) is 0 Å². The number of amides is 2. The van der Waals surface area contributed by atoms with Crippen molar-refractivity contribution < 1.29 is 14.7 Å². The smallest absolute Gasteiger partial charge is 0.229 e. The zero-order chi connectivity index (χ0) is 19.9. The van der Waals surface area contributed by atoms with Crippen LogP contribution in [-0.4, -0.2) is 51.7 Å². The summed E-state index contributed by atoms with van der Waals surface area (Å²) < 4.78 is 0. The van der Waals surface area contributed by atoms with E-state index in [1.165, 1.54) is 11.3 Å². The number of aliphatic hydroxyl groups is 1. The molecule has 0 saturated carbocycles. The van der Waals surface area contributed by atoms with Gasteiger partial charge in [-0.2, -0.15) is 0 Å². The number of aliphatic hydroxyl groups excluding tert-OH is 1. The number of rotatable bonds is 9. The van der Waals surface area contributed by atoms with Gasteiger partial charge in [-0.3, -0.25) is 14.5 Å². The minimum Gasteiger partial charge on any atom is -0.396 e. The maximum Gasteiger partial charge on any atom is 0.229 e. The Morgan fingerprint density at radius 3 is 2.82 bits per heavy atom. The van der Waals surface area contributed by atoms with Crippen LogP contribution in [0.4, 0.5) is 5.13 Å². The van der Waals surface area contributed by atoms with E-state index in [9.17, 15) is 14.7 Å². The highest BCUT2D eigenvalue weighted by Crippen LogP contribution is 2.29. The zero-order valence-corrected chi connectivity index (χ0v) is 16.9. The molecule has 1 aromatic carbocycles. The van der Waals surface area contributed by atoms with Crippen molar-refractivity contribution >= 4 is 28.3 Å². The Morgan fingerprint density at radius 2 is 2.11 bits per heavy atom. The van der Waals surface area contributed by atoms with Crippen LogP contribution in [-0.2, 0) is 22.6 Å². The Kier molecular flexibility index (Phi) is 7.11. The first-order valence-electron chi connectivity index (χ1n) is 9.68. The monoisotopic (exact) mass is 402 g/mol. The average Bonchev–Trinajstić information content (AvgIpc) is 3.32. The van der Waals surface area contributed by atoms with Gasteiger partial charge in [0, 0.05) is 39.1 Å². The first kappa shape index (κ1) is 20.4. The maximum absolute atomic E-state index is 13.1. The van der Waals surface area contributed by atoms with Gasteiger partial charge in [-0.15, -0.1) is 10.2 Å². The molecule has 0 aliphatic carbocycles. The van der Waals surface area contributed by atoms with Gasteiger partial charge in [-0.1, -0.05) is 48.6 Å². The predicted molar refractivity (Wildman–Crippen MR) is 108 cm³/mol. The molecule has 1 atom stereocenters. The van der Waals surface area contributed by atoms with E-state index in [4.69, 9.17) is 0 Å². The van der Waals surface area contributed by atoms with E-state index >= 15 is 0 Å². The van der Waals surface area contributed by atoms with Crippen molar-refractivity contribution in [2.45, 2.75) is 39.2 Å². The summed E-state index contributed by atoms with van der Waals surface area (Å²) in [6.45, 7) is 3.38. The number of carbonyl (C=O) groups is 2. The van der Waals surface area contributed by atoms with Crippen LogP contribution in [0.25, 0.3) is 0 Å². The first-order chi connectivity index (χ1) is 13.6. The van der Waals surface area contributed by atoms with Gasteiger partial charge < -0.3 is 10.0 Å². The van der Waals surface area contributed by atoms with E-state index < -0.39 is 5.92 Å². The predicted octanol–water partition coefficient (Wildman–Crippen LogP) is 2.25. The lowest BCUT2D eigenvalue weighted by molar-refractivity contribution is -0.136. The van der Waals surface area contributed by atoms with Crippen molar-refractivity contribution in [3.63, 3.8) is 0 Å². The summed E-state index contributed by atoms with van der Waals surface area (Å²) in [4.78, 5) is 29.0. The van der Waals surface area contributed by atoms with Crippen LogP contribution in [0.5, 0.6) is 0 Å². The van der Waals surface area contributed by atoms with Gasteiger partial charge in [0.05, 0.1) is 5.92 Å². The first-order valence-corrected chi connectivity index (χ1v) is 10.5. The van der Waals surface area contributed by atoms with Crippen LogP contribution in [0.15, 0.2) is 30.3 Å². The largest absolute Gasteiger partial charge is 0.396 e. The van der Waals surface area contributed by atoms with Crippen molar-refractivity contribution in [2.75, 3.05) is 24.6 Å². The fourth-order valence-corrected chi connectivity index (χ4v) is 4.28. The van der Waals surface area contributed by atoms with E-state index in [0.29, 0.717) is 31.2 Å². The van der Waals surface area contributed by atoms with Gasteiger partial charge in [-0.05, 0) is 18.4 Å². The van der Waals surface area contributed by atoms with Crippen LogP contribution in [0.3, 0.4) is 0 Å². The molecule has 1 aliphatic heterocycles. The van der Waals surface area contributed by atoms with Gasteiger partial charge in [0.15, 0.2) is 0 Å². The second-order valence-corrected chi connectivity index (χ2v) is 8.00. The highest BCUT2D eigenvalue weighted by molar-refractivity contribution is 7.15. The molecule has 1 unspecified atom stereocenters. The second kappa shape index (κ2) is 9.75. The summed E-state index contributed by atoms with van der Waals surface area (Å²) in [7, 11) is 0. The van der Waals surface area contributed by atoms with Crippen LogP contribution >= 0.6 is 11.3 Å². The van der Waals surface area contributed by atoms with E-state index in [-0.39, 0.29) is 24.8 Å². The zero-order valence-electron chi connectivity index (χ0n) is 16.1. The fraction of sp³-hybridized carbons (Fsp3) is 0.500. The molecule has 1 saturated heterocycles. The molecule has 1 N–H and O–H groups in total. The summed E-state index contributed by atoms with van der Waals surface area (Å²) in [5.74, 6) is -0.528. The van der Waals surface area contributed by atoms with E-state index in [2.05, 4.69) is 17.1 Å². The lowest BCUT2D eigenvalue weighted by atomic mass is 10.1. The normalized spacial score (nSPS) is 16.6. The molecule has 1 aromatic heterocycles. The van der Waals surface area contributed by atoms with Crippen LogP contribution in [0.2, 0.25) is 0 Å². The minimum absolute atomic E-state index is 0.0271. The van der Waals surface area contributed by atoms with Gasteiger partial charge in [0.1, 0.15) is 5.01 Å². The van der Waals surface area contributed by atoms with Gasteiger partial charge in [0.2, 0.25) is 16.9 Å². The summed E-state index contributed by atoms with van der Waals surface area (Å²) >= 11 is 1.42. The van der Waals surface area contributed by atoms with Gasteiger partial charge in [-0.25, -0.2) is 0 Å². The molecule has 3 rings (SSSR count). The Labute approximate surface area is 169 Å². The summed E-state index contributed by atoms with van der Waals surface area (Å²) in [6, 6.07) is 9.76. The molecule has 150 valence electrons. The van der Waals surface area contributed by atoms with Crippen LogP contribution in [0, 0.1) is 5.92 Å². The number of aryl methyl sites for hydroxylation is 1. The molecule has 28 heavy (non-hydrogen) atoms. The molecule has 1 fully saturated rings. The van der Waals surface area contributed by atoms with Gasteiger partial charge in [0.25, 0.3) is 0 Å². The SMILES string of the molecule is CCCc1nnc(N2CC(C(=O)N(CCCO)Cc3ccccc3)CC2=O)s1. The Bertz CT molecular complexity index is 796. The quantitative estimate of drug-likeness (QED) is 0.695. The molecule has 2 aromatic rings. The molecule has 2 heterocycles. The fourth-order valence-electron chi connectivity index (χ4n) is 3.32. The van der Waals surface area contributed by atoms with Crippen molar-refractivity contribution in [1.82, 2.24) is 15.1 Å². The number of hydrogen-bond donors (Lipinski definition) is 1. The molecule has 1 aliphatic rings. The molecule has 7 nitrogen and oxygen atoms in total. The molecule has 0 radical (unpaired) electrons. The highest BCUT2D eigenvalue weighted by Gasteiger charge is 2.38. The Hall–Kier alpha value is -2.32. The number of anilines is 1.